The number of hydrogen-bond acceptors (Lipinski definition) is 6. The van der Waals surface area contributed by atoms with E-state index in [0.29, 0.717) is 14.7 Å². The zero-order valence-electron chi connectivity index (χ0n) is 13.4. The molecule has 6 nitrogen and oxygen atoms in total. The van der Waals surface area contributed by atoms with Crippen LogP contribution in [-0.4, -0.2) is 46.0 Å². The first kappa shape index (κ1) is 20.2. The van der Waals surface area contributed by atoms with Gasteiger partial charge in [-0.15, -0.1) is 0 Å². The first-order chi connectivity index (χ1) is 12.0. The summed E-state index contributed by atoms with van der Waals surface area (Å²) in [7, 11) is -5.64. The summed E-state index contributed by atoms with van der Waals surface area (Å²) in [5, 5.41) is 9.08. The Morgan fingerprint density at radius 2 is 2.04 bits per heavy atom. The second kappa shape index (κ2) is 7.23. The van der Waals surface area contributed by atoms with E-state index in [4.69, 9.17) is 10.00 Å². The van der Waals surface area contributed by atoms with Crippen molar-refractivity contribution in [2.24, 2.45) is 0 Å². The number of nitrogens with zero attached hydrogens (tertiary/aromatic N) is 2. The van der Waals surface area contributed by atoms with Gasteiger partial charge in [-0.3, -0.25) is 0 Å². The molecule has 1 aromatic carbocycles. The number of carbonyl (C=O) groups is 1. The van der Waals surface area contributed by atoms with Crippen molar-refractivity contribution >= 4 is 30.3 Å². The van der Waals surface area contributed by atoms with Crippen LogP contribution in [0.25, 0.3) is 10.1 Å². The first-order valence-electron chi connectivity index (χ1n) is 7.03. The molecule has 1 heterocycles. The molecule has 0 aliphatic heterocycles. The predicted octanol–water partition coefficient (Wildman–Crippen LogP) is 2.46. The van der Waals surface area contributed by atoms with Crippen LogP contribution in [-0.2, 0) is 14.6 Å². The van der Waals surface area contributed by atoms with Gasteiger partial charge in [-0.1, -0.05) is 0 Å². The van der Waals surface area contributed by atoms with E-state index in [0.717, 1.165) is 18.2 Å². The van der Waals surface area contributed by atoms with Gasteiger partial charge in [0.2, 0.25) is 0 Å². The fraction of sp³-hybridized carbons (Fsp3) is 0.267. The molecule has 0 spiro atoms. The van der Waals surface area contributed by atoms with E-state index in [-0.39, 0.29) is 12.2 Å². The topological polar surface area (TPSA) is 97.1 Å². The molecule has 0 fully saturated rings. The number of benzene rings is 1. The summed E-state index contributed by atoms with van der Waals surface area (Å²) >= 11 is -0.576. The average Bonchev–Trinajstić information content (AvgIpc) is 2.95. The van der Waals surface area contributed by atoms with Gasteiger partial charge in [-0.05, 0) is 0 Å². The molecule has 138 valence electrons. The minimum absolute atomic E-state index is 0.184. The molecule has 0 N–H and O–H groups in total. The van der Waals surface area contributed by atoms with Crippen LogP contribution in [0.3, 0.4) is 0 Å². The molecule has 0 saturated carbocycles. The number of rotatable bonds is 4. The Balaban J connectivity index is 2.54. The third-order valence-corrected chi connectivity index (χ3v) is 7.23. The first-order valence-corrected chi connectivity index (χ1v) is 10.2. The number of ether oxygens (including phenoxy) is 1. The van der Waals surface area contributed by atoms with Crippen molar-refractivity contribution in [3.8, 4) is 16.2 Å². The molecule has 26 heavy (non-hydrogen) atoms. The molecular formula is C15H11F3N2O4SSe. The van der Waals surface area contributed by atoms with E-state index in [1.165, 1.54) is 6.07 Å². The van der Waals surface area contributed by atoms with Gasteiger partial charge in [0.15, 0.2) is 0 Å². The van der Waals surface area contributed by atoms with Gasteiger partial charge < -0.3 is 0 Å². The average molecular weight is 451 g/mol. The van der Waals surface area contributed by atoms with Crippen LogP contribution in [0.4, 0.5) is 13.2 Å². The van der Waals surface area contributed by atoms with Crippen LogP contribution < -0.4 is 0 Å². The minimum atomic E-state index is -5.64. The number of esters is 1. The molecule has 0 aliphatic rings. The van der Waals surface area contributed by atoms with Crippen molar-refractivity contribution in [3.05, 3.63) is 33.9 Å². The Morgan fingerprint density at radius 3 is 2.58 bits per heavy atom. The molecule has 0 radical (unpaired) electrons. The van der Waals surface area contributed by atoms with Crippen molar-refractivity contribution in [1.29, 1.82) is 5.26 Å². The number of aromatic nitrogens is 1. The Morgan fingerprint density at radius 1 is 1.38 bits per heavy atom. The fourth-order valence-electron chi connectivity index (χ4n) is 2.02. The number of hydrogen-bond donors (Lipinski definition) is 0. The summed E-state index contributed by atoms with van der Waals surface area (Å²) in [4.78, 5) is 14.9. The molecular weight excluding hydrogens is 440 g/mol. The van der Waals surface area contributed by atoms with Crippen molar-refractivity contribution < 1.29 is 31.1 Å². The monoisotopic (exact) mass is 452 g/mol. The number of alkyl halides is 3. The number of aryl methyl sites for hydroxylation is 1. The van der Waals surface area contributed by atoms with Crippen molar-refractivity contribution in [2.45, 2.75) is 24.3 Å². The molecule has 0 amide bonds. The van der Waals surface area contributed by atoms with E-state index in [1.807, 2.05) is 0 Å². The normalized spacial score (nSPS) is 11.8. The van der Waals surface area contributed by atoms with Crippen LogP contribution in [0.2, 0.25) is 0 Å². The number of nitriles is 1. The van der Waals surface area contributed by atoms with Gasteiger partial charge in [-0.2, -0.15) is 0 Å². The maximum absolute atomic E-state index is 12.7. The van der Waals surface area contributed by atoms with Crippen LogP contribution >= 0.6 is 0 Å². The van der Waals surface area contributed by atoms with E-state index >= 15 is 0 Å². The maximum atomic E-state index is 12.7. The molecule has 0 bridgehead atoms. The molecule has 0 atom stereocenters. The Labute approximate surface area is 152 Å². The molecule has 0 saturated heterocycles. The summed E-state index contributed by atoms with van der Waals surface area (Å²) in [6.07, 6.45) is 0. The van der Waals surface area contributed by atoms with Gasteiger partial charge in [-0.25, -0.2) is 0 Å². The molecule has 2 rings (SSSR count). The van der Waals surface area contributed by atoms with Gasteiger partial charge in [0.05, 0.1) is 0 Å². The third kappa shape index (κ3) is 3.67. The summed E-state index contributed by atoms with van der Waals surface area (Å²) in [5.41, 5.74) is -5.45. The molecule has 0 aliphatic carbocycles. The van der Waals surface area contributed by atoms with E-state index in [9.17, 15) is 26.4 Å². The van der Waals surface area contributed by atoms with Crippen LogP contribution in [0, 0.1) is 18.3 Å². The van der Waals surface area contributed by atoms with Crippen LogP contribution in [0.15, 0.2) is 23.1 Å². The second-order valence-electron chi connectivity index (χ2n) is 4.93. The molecule has 11 heteroatoms. The third-order valence-electron chi connectivity index (χ3n) is 3.20. The molecule has 2 aromatic rings. The van der Waals surface area contributed by atoms with E-state index < -0.39 is 46.3 Å². The van der Waals surface area contributed by atoms with Gasteiger partial charge in [0.1, 0.15) is 0 Å². The summed E-state index contributed by atoms with van der Waals surface area (Å²) < 4.78 is 67.0. The zero-order valence-corrected chi connectivity index (χ0v) is 15.9. The molecule has 1 aromatic heterocycles. The Hall–Kier alpha value is -2.15. The predicted molar refractivity (Wildman–Crippen MR) is 85.3 cm³/mol. The van der Waals surface area contributed by atoms with E-state index in [2.05, 4.69) is 4.98 Å². The Kier molecular flexibility index (Phi) is 5.61. The number of halogens is 3. The molecule has 0 unspecified atom stereocenters. The van der Waals surface area contributed by atoms with Crippen molar-refractivity contribution in [2.75, 3.05) is 6.61 Å². The van der Waals surface area contributed by atoms with E-state index in [1.54, 1.807) is 13.8 Å². The summed E-state index contributed by atoms with van der Waals surface area (Å²) in [6, 6.07) is 4.37. The quantitative estimate of drug-likeness (QED) is 0.524. The van der Waals surface area contributed by atoms with Crippen molar-refractivity contribution in [1.82, 2.24) is 4.98 Å². The summed E-state index contributed by atoms with van der Waals surface area (Å²) in [5.74, 6) is -0.527. The van der Waals surface area contributed by atoms with Crippen molar-refractivity contribution in [3.63, 3.8) is 0 Å². The van der Waals surface area contributed by atoms with Gasteiger partial charge in [0, 0.05) is 0 Å². The second-order valence-corrected chi connectivity index (χ2v) is 8.93. The zero-order chi connectivity index (χ0) is 19.7. The standard InChI is InChI=1S/C15H11F3N2O4SSe/c1-3-24-14(21)12-8(2)20-13(26-12)9-4-5-11(10(6-9)7-19)25(22,23)15(16,17)18/h4-6H,3H2,1-2H3. The van der Waals surface area contributed by atoms with Gasteiger partial charge in [0.25, 0.3) is 0 Å². The van der Waals surface area contributed by atoms with Crippen LogP contribution in [0.1, 0.15) is 27.4 Å². The number of sulfone groups is 1. The SMILES string of the molecule is CCOC(=O)c1[se]c(-c2ccc(S(=O)(=O)C(F)(F)F)c(C#N)c2)nc1C. The van der Waals surface area contributed by atoms with Gasteiger partial charge >= 0.3 is 153 Å². The van der Waals surface area contributed by atoms with Crippen LogP contribution in [0.5, 0.6) is 0 Å². The Bertz CT molecular complexity index is 1010. The summed E-state index contributed by atoms with van der Waals surface area (Å²) in [6.45, 7) is 3.43. The fourth-order valence-corrected chi connectivity index (χ4v) is 4.91. The number of carbonyl (C=O) groups excluding carboxylic acids is 1.